The van der Waals surface area contributed by atoms with Crippen LogP contribution in [0.1, 0.15) is 36.7 Å². The zero-order valence-corrected chi connectivity index (χ0v) is 18.8. The molecule has 2 N–H and O–H groups in total. The average molecular weight is 461 g/mol. The van der Waals surface area contributed by atoms with Crippen LogP contribution in [-0.2, 0) is 15.1 Å². The van der Waals surface area contributed by atoms with Gasteiger partial charge in [0.25, 0.3) is 5.91 Å². The molecular weight excluding hydrogens is 438 g/mol. The Morgan fingerprint density at radius 3 is 2.50 bits per heavy atom. The molecule has 0 aliphatic carbocycles. The first-order valence-corrected chi connectivity index (χ1v) is 10.6. The molecule has 2 heterocycles. The molecule has 1 aromatic heterocycles. The Balaban J connectivity index is 1.49. The Morgan fingerprint density at radius 2 is 1.85 bits per heavy atom. The highest BCUT2D eigenvalue weighted by Gasteiger charge is 2.49. The van der Waals surface area contributed by atoms with Crippen LogP contribution in [0, 0.1) is 5.92 Å². The molecule has 11 heteroatoms. The van der Waals surface area contributed by atoms with Crippen LogP contribution in [-0.4, -0.2) is 55.3 Å². The number of carbonyl (C=O) groups is 4. The van der Waals surface area contributed by atoms with Crippen LogP contribution in [0.25, 0.3) is 5.69 Å². The fraction of sp³-hybridized carbons (Fsp3) is 0.261. The van der Waals surface area contributed by atoms with E-state index in [9.17, 15) is 19.2 Å². The monoisotopic (exact) mass is 461 g/mol. The number of anilines is 1. The summed E-state index contributed by atoms with van der Waals surface area (Å²) in [5.74, 6) is -1.26. The van der Waals surface area contributed by atoms with Crippen molar-refractivity contribution in [2.24, 2.45) is 5.92 Å². The lowest BCUT2D eigenvalue weighted by Crippen LogP contribution is -2.41. The Kier molecular flexibility index (Phi) is 5.93. The summed E-state index contributed by atoms with van der Waals surface area (Å²) in [6.07, 6.45) is 1.42. The van der Waals surface area contributed by atoms with Crippen molar-refractivity contribution < 1.29 is 19.2 Å². The van der Waals surface area contributed by atoms with Crippen LogP contribution in [0.15, 0.2) is 54.9 Å². The van der Waals surface area contributed by atoms with Gasteiger partial charge >= 0.3 is 6.03 Å². The molecule has 1 aliphatic heterocycles. The van der Waals surface area contributed by atoms with Crippen LogP contribution >= 0.6 is 0 Å². The summed E-state index contributed by atoms with van der Waals surface area (Å²) < 4.78 is 1.43. The molecule has 1 atom stereocenters. The second-order valence-electron chi connectivity index (χ2n) is 8.40. The van der Waals surface area contributed by atoms with E-state index in [0.717, 1.165) is 4.90 Å². The Labute approximate surface area is 195 Å². The molecule has 4 rings (SSSR count). The Bertz CT molecular complexity index is 1250. The fourth-order valence-corrected chi connectivity index (χ4v) is 3.54. The maximum atomic E-state index is 13.2. The largest absolute Gasteiger partial charge is 0.326 e. The van der Waals surface area contributed by atoms with E-state index >= 15 is 0 Å². The third-order valence-electron chi connectivity index (χ3n) is 5.61. The molecule has 34 heavy (non-hydrogen) atoms. The third-order valence-corrected chi connectivity index (χ3v) is 5.61. The first-order valence-electron chi connectivity index (χ1n) is 10.6. The van der Waals surface area contributed by atoms with Crippen molar-refractivity contribution in [3.05, 3.63) is 66.0 Å². The fourth-order valence-electron chi connectivity index (χ4n) is 3.54. The summed E-state index contributed by atoms with van der Waals surface area (Å²) in [6.45, 7) is 4.73. The van der Waals surface area contributed by atoms with Gasteiger partial charge in [-0.1, -0.05) is 26.0 Å². The van der Waals surface area contributed by atoms with Crippen LogP contribution < -0.4 is 10.6 Å². The number of nitrogens with one attached hydrogen (secondary N) is 2. The van der Waals surface area contributed by atoms with Gasteiger partial charge in [0.15, 0.2) is 5.78 Å². The number of ketones is 1. The normalized spacial score (nSPS) is 17.7. The predicted molar refractivity (Wildman–Crippen MR) is 121 cm³/mol. The summed E-state index contributed by atoms with van der Waals surface area (Å²) in [6, 6.07) is 12.5. The molecule has 2 aromatic carbocycles. The highest BCUT2D eigenvalue weighted by Crippen LogP contribution is 2.30. The van der Waals surface area contributed by atoms with Gasteiger partial charge in [0.05, 0.1) is 12.2 Å². The molecule has 11 nitrogen and oxygen atoms in total. The zero-order chi connectivity index (χ0) is 24.5. The minimum absolute atomic E-state index is 0.137. The van der Waals surface area contributed by atoms with Crippen LogP contribution in [0.2, 0.25) is 0 Å². The van der Waals surface area contributed by atoms with Gasteiger partial charge in [-0.05, 0) is 59.3 Å². The lowest BCUT2D eigenvalue weighted by atomic mass is 9.91. The van der Waals surface area contributed by atoms with E-state index in [1.165, 1.54) is 11.0 Å². The maximum Gasteiger partial charge on any atom is 0.325 e. The van der Waals surface area contributed by atoms with Gasteiger partial charge in [0.1, 0.15) is 11.9 Å². The Morgan fingerprint density at radius 1 is 1.12 bits per heavy atom. The average Bonchev–Trinajstić information content (AvgIpc) is 3.43. The maximum absolute atomic E-state index is 13.2. The number of imide groups is 1. The van der Waals surface area contributed by atoms with Crippen molar-refractivity contribution in [2.75, 3.05) is 11.9 Å². The van der Waals surface area contributed by atoms with Crippen molar-refractivity contribution >= 4 is 29.3 Å². The van der Waals surface area contributed by atoms with Crippen LogP contribution in [0.4, 0.5) is 10.5 Å². The van der Waals surface area contributed by atoms with Crippen molar-refractivity contribution in [1.82, 2.24) is 30.4 Å². The minimum Gasteiger partial charge on any atom is -0.326 e. The number of hydrogen-bond donors (Lipinski definition) is 2. The number of amides is 4. The quantitative estimate of drug-likeness (QED) is 0.405. The molecule has 3 aromatic rings. The van der Waals surface area contributed by atoms with Crippen molar-refractivity contribution in [2.45, 2.75) is 26.3 Å². The smallest absolute Gasteiger partial charge is 0.325 e. The highest BCUT2D eigenvalue weighted by molar-refractivity contribution is 6.11. The van der Waals surface area contributed by atoms with Gasteiger partial charge in [-0.25, -0.2) is 9.48 Å². The molecular formula is C23H23N7O4. The molecule has 1 aliphatic rings. The lowest BCUT2D eigenvalue weighted by molar-refractivity contribution is -0.130. The van der Waals surface area contributed by atoms with E-state index in [1.54, 1.807) is 69.3 Å². The number of tetrazole rings is 1. The van der Waals surface area contributed by atoms with Crippen LogP contribution in [0.5, 0.6) is 0 Å². The van der Waals surface area contributed by atoms with E-state index in [4.69, 9.17) is 0 Å². The number of Topliss-reactive ketones (excluding diaryl/α,β-unsaturated/α-hetero) is 1. The molecule has 0 bridgehead atoms. The molecule has 0 radical (unpaired) electrons. The number of hydrogen-bond acceptors (Lipinski definition) is 7. The summed E-state index contributed by atoms with van der Waals surface area (Å²) in [5, 5.41) is 16.5. The van der Waals surface area contributed by atoms with E-state index in [1.807, 2.05) is 0 Å². The first kappa shape index (κ1) is 22.8. The standard InChI is InChI=1S/C23H23N7O4/c1-14(2)20(32)25-17-9-7-15(8-10-17)19(31)12-29-21(33)23(3,26-22(29)34)16-5-4-6-18(11-16)30-13-24-27-28-30/h4-11,13-14H,12H2,1-3H3,(H,25,32)(H,26,34)/t23-/m1/s1. The summed E-state index contributed by atoms with van der Waals surface area (Å²) in [7, 11) is 0. The third kappa shape index (κ3) is 4.27. The first-order chi connectivity index (χ1) is 16.2. The van der Waals surface area contributed by atoms with Gasteiger partial charge in [-0.3, -0.25) is 19.3 Å². The van der Waals surface area contributed by atoms with Crippen LogP contribution in [0.3, 0.4) is 0 Å². The molecule has 0 saturated carbocycles. The van der Waals surface area contributed by atoms with Crippen molar-refractivity contribution in [3.8, 4) is 5.69 Å². The predicted octanol–water partition coefficient (Wildman–Crippen LogP) is 1.91. The highest BCUT2D eigenvalue weighted by atomic mass is 16.2. The number of rotatable bonds is 7. The topological polar surface area (TPSA) is 139 Å². The molecule has 0 spiro atoms. The molecule has 0 unspecified atom stereocenters. The van der Waals surface area contributed by atoms with Gasteiger partial charge in [-0.2, -0.15) is 0 Å². The van der Waals surface area contributed by atoms with E-state index in [-0.39, 0.29) is 11.8 Å². The van der Waals surface area contributed by atoms with Gasteiger partial charge in [0.2, 0.25) is 5.91 Å². The number of carbonyl (C=O) groups excluding carboxylic acids is 4. The summed E-state index contributed by atoms with van der Waals surface area (Å²) in [5.41, 5.74) is 0.661. The van der Waals surface area contributed by atoms with E-state index in [2.05, 4.69) is 26.2 Å². The summed E-state index contributed by atoms with van der Waals surface area (Å²) >= 11 is 0. The summed E-state index contributed by atoms with van der Waals surface area (Å²) in [4.78, 5) is 51.4. The molecule has 1 saturated heterocycles. The molecule has 1 fully saturated rings. The second kappa shape index (κ2) is 8.85. The number of nitrogens with zero attached hydrogens (tertiary/aromatic N) is 5. The van der Waals surface area contributed by atoms with Gasteiger partial charge in [0, 0.05) is 17.2 Å². The minimum atomic E-state index is -1.35. The van der Waals surface area contributed by atoms with Gasteiger partial charge < -0.3 is 10.6 Å². The lowest BCUT2D eigenvalue weighted by Gasteiger charge is -2.22. The van der Waals surface area contributed by atoms with Crippen molar-refractivity contribution in [3.63, 3.8) is 0 Å². The number of aromatic nitrogens is 4. The van der Waals surface area contributed by atoms with Gasteiger partial charge in [-0.15, -0.1) is 5.10 Å². The molecule has 174 valence electrons. The second-order valence-corrected chi connectivity index (χ2v) is 8.40. The Hall–Kier alpha value is -4.41. The molecule has 4 amide bonds. The number of benzene rings is 2. The number of urea groups is 1. The van der Waals surface area contributed by atoms with E-state index < -0.39 is 29.8 Å². The van der Waals surface area contributed by atoms with E-state index in [0.29, 0.717) is 22.5 Å². The zero-order valence-electron chi connectivity index (χ0n) is 18.8. The SMILES string of the molecule is CC(C)C(=O)Nc1ccc(C(=O)CN2C(=O)N[C@](C)(c3cccc(-n4cnnn4)c3)C2=O)cc1. The van der Waals surface area contributed by atoms with Crippen molar-refractivity contribution in [1.29, 1.82) is 0 Å².